The van der Waals surface area contributed by atoms with Crippen LogP contribution < -0.4 is 16.0 Å². The highest BCUT2D eigenvalue weighted by Gasteiger charge is 2.40. The van der Waals surface area contributed by atoms with Crippen molar-refractivity contribution in [3.8, 4) is 0 Å². The molecule has 0 aromatic carbocycles. The molecule has 0 aromatic rings. The van der Waals surface area contributed by atoms with Crippen molar-refractivity contribution in [3.63, 3.8) is 0 Å². The normalized spacial score (nSPS) is 18.2. The SMILES string of the molecule is CC.CC.CC.CC(C)(C)C.CCNC=O.CNC(C(=O)N1CCCC1C(=O)NC(CC1CCC1)C(C)=O)C1CCCCC1.CO. The number of aliphatic hydroxyl groups is 1. The zero-order valence-electron chi connectivity index (χ0n) is 32.7. The van der Waals surface area contributed by atoms with Crippen LogP contribution in [0.15, 0.2) is 0 Å². The zero-order valence-corrected chi connectivity index (χ0v) is 32.7. The summed E-state index contributed by atoms with van der Waals surface area (Å²) in [7, 11) is 2.85. The van der Waals surface area contributed by atoms with Crippen LogP contribution in [0.1, 0.15) is 154 Å². The van der Waals surface area contributed by atoms with Gasteiger partial charge in [-0.15, -0.1) is 0 Å². The maximum absolute atomic E-state index is 13.3. The van der Waals surface area contributed by atoms with E-state index in [1.54, 1.807) is 11.8 Å². The van der Waals surface area contributed by atoms with Gasteiger partial charge in [0.2, 0.25) is 18.2 Å². The van der Waals surface area contributed by atoms with Crippen molar-refractivity contribution in [2.75, 3.05) is 27.2 Å². The molecule has 4 N–H and O–H groups in total. The fraction of sp³-hybridized carbons (Fsp3) is 0.892. The lowest BCUT2D eigenvalue weighted by Crippen LogP contribution is -2.56. The van der Waals surface area contributed by atoms with Gasteiger partial charge in [0.25, 0.3) is 0 Å². The molecular weight excluding hydrogens is 580 g/mol. The predicted octanol–water partition coefficient (Wildman–Crippen LogP) is 6.90. The Kier molecular flexibility index (Phi) is 36.4. The Morgan fingerprint density at radius 1 is 0.848 bits per heavy atom. The molecule has 1 saturated heterocycles. The summed E-state index contributed by atoms with van der Waals surface area (Å²) in [5.74, 6) is 0.843. The van der Waals surface area contributed by atoms with Gasteiger partial charge in [-0.1, -0.05) is 108 Å². The molecule has 1 aliphatic heterocycles. The topological polar surface area (TPSA) is 128 Å². The summed E-state index contributed by atoms with van der Waals surface area (Å²) in [4.78, 5) is 49.3. The average molecular weight is 659 g/mol. The number of likely N-dealkylation sites (tertiary alicyclic amines) is 1. The first-order valence-electron chi connectivity index (χ1n) is 18.3. The molecule has 3 amide bonds. The third-order valence-electron chi connectivity index (χ3n) is 7.43. The smallest absolute Gasteiger partial charge is 0.243 e. The minimum absolute atomic E-state index is 0.0198. The summed E-state index contributed by atoms with van der Waals surface area (Å²) in [5, 5.41) is 15.6. The number of hydrogen-bond donors (Lipinski definition) is 4. The summed E-state index contributed by atoms with van der Waals surface area (Å²) >= 11 is 0. The second kappa shape index (κ2) is 32.9. The largest absolute Gasteiger partial charge is 0.400 e. The predicted molar refractivity (Wildman–Crippen MR) is 196 cm³/mol. The lowest BCUT2D eigenvalue weighted by atomic mass is 9.80. The van der Waals surface area contributed by atoms with Crippen LogP contribution in [0.3, 0.4) is 0 Å². The van der Waals surface area contributed by atoms with Gasteiger partial charge in [0.05, 0.1) is 12.1 Å². The van der Waals surface area contributed by atoms with Crippen LogP contribution in [-0.4, -0.2) is 79.4 Å². The van der Waals surface area contributed by atoms with Crippen molar-refractivity contribution in [1.29, 1.82) is 0 Å². The molecule has 3 rings (SSSR count). The molecule has 46 heavy (non-hydrogen) atoms. The van der Waals surface area contributed by atoms with Gasteiger partial charge >= 0.3 is 0 Å². The van der Waals surface area contributed by atoms with Gasteiger partial charge in [0.1, 0.15) is 6.04 Å². The quantitative estimate of drug-likeness (QED) is 0.189. The summed E-state index contributed by atoms with van der Waals surface area (Å²) in [6.07, 6.45) is 12.3. The zero-order chi connectivity index (χ0) is 36.7. The number of carbonyl (C=O) groups is 4. The molecule has 3 unspecified atom stereocenters. The van der Waals surface area contributed by atoms with Gasteiger partial charge in [-0.05, 0) is 70.3 Å². The van der Waals surface area contributed by atoms with Gasteiger partial charge in [-0.25, -0.2) is 0 Å². The van der Waals surface area contributed by atoms with Gasteiger partial charge in [0, 0.05) is 20.2 Å². The molecule has 1 heterocycles. The number of likely N-dealkylation sites (N-methyl/N-ethyl adjacent to an activating group) is 1. The van der Waals surface area contributed by atoms with Crippen molar-refractivity contribution in [1.82, 2.24) is 20.9 Å². The van der Waals surface area contributed by atoms with Crippen molar-refractivity contribution in [3.05, 3.63) is 0 Å². The number of ketones is 1. The van der Waals surface area contributed by atoms with Crippen LogP contribution in [0.4, 0.5) is 0 Å². The molecule has 9 heteroatoms. The molecule has 3 fully saturated rings. The average Bonchev–Trinajstić information content (AvgIpc) is 3.53. The Morgan fingerprint density at radius 3 is 1.70 bits per heavy atom. The van der Waals surface area contributed by atoms with E-state index in [1.165, 1.54) is 25.7 Å². The molecule has 2 saturated carbocycles. The molecule has 0 aromatic heterocycles. The molecule has 0 spiro atoms. The first kappa shape index (κ1) is 50.8. The van der Waals surface area contributed by atoms with E-state index in [0.29, 0.717) is 36.6 Å². The first-order valence-corrected chi connectivity index (χ1v) is 18.3. The van der Waals surface area contributed by atoms with Crippen LogP contribution in [0.25, 0.3) is 0 Å². The van der Waals surface area contributed by atoms with Crippen molar-refractivity contribution in [2.45, 2.75) is 172 Å². The highest BCUT2D eigenvalue weighted by atomic mass is 16.2. The summed E-state index contributed by atoms with van der Waals surface area (Å²) in [6.45, 7) is 25.5. The third-order valence-corrected chi connectivity index (χ3v) is 7.43. The monoisotopic (exact) mass is 659 g/mol. The second-order valence-corrected chi connectivity index (χ2v) is 12.7. The van der Waals surface area contributed by atoms with Gasteiger partial charge < -0.3 is 26.0 Å². The first-order chi connectivity index (χ1) is 21.9. The molecule has 0 bridgehead atoms. The van der Waals surface area contributed by atoms with E-state index in [2.05, 4.69) is 43.6 Å². The van der Waals surface area contributed by atoms with Gasteiger partial charge in [0.15, 0.2) is 5.78 Å². The molecule has 3 atom stereocenters. The van der Waals surface area contributed by atoms with E-state index in [9.17, 15) is 19.2 Å². The van der Waals surface area contributed by atoms with Gasteiger partial charge in [-0.3, -0.25) is 19.2 Å². The minimum Gasteiger partial charge on any atom is -0.400 e. The molecule has 276 valence electrons. The lowest BCUT2D eigenvalue weighted by molar-refractivity contribution is -0.142. The molecule has 3 aliphatic rings. The van der Waals surface area contributed by atoms with Crippen molar-refractivity contribution < 1.29 is 24.3 Å². The van der Waals surface area contributed by atoms with Crippen LogP contribution in [0.5, 0.6) is 0 Å². The Balaban J connectivity index is -0.000000410. The fourth-order valence-corrected chi connectivity index (χ4v) is 5.25. The van der Waals surface area contributed by atoms with E-state index >= 15 is 0 Å². The number of nitrogens with zero attached hydrogens (tertiary/aromatic N) is 1. The highest BCUT2D eigenvalue weighted by molar-refractivity contribution is 5.93. The van der Waals surface area contributed by atoms with E-state index in [-0.39, 0.29) is 23.6 Å². The Morgan fingerprint density at radius 2 is 1.35 bits per heavy atom. The summed E-state index contributed by atoms with van der Waals surface area (Å²) < 4.78 is 0. The van der Waals surface area contributed by atoms with Crippen LogP contribution in [0.2, 0.25) is 0 Å². The van der Waals surface area contributed by atoms with Crippen molar-refractivity contribution >= 4 is 24.0 Å². The lowest BCUT2D eigenvalue weighted by Gasteiger charge is -2.34. The molecule has 2 aliphatic carbocycles. The third kappa shape index (κ3) is 24.2. The van der Waals surface area contributed by atoms with E-state index in [4.69, 9.17) is 5.11 Å². The number of rotatable bonds is 10. The molecule has 0 radical (unpaired) electrons. The van der Waals surface area contributed by atoms with E-state index < -0.39 is 12.1 Å². The molecular formula is C37H78N4O5. The number of nitrogens with one attached hydrogen (secondary N) is 3. The Hall–Kier alpha value is -2.00. The van der Waals surface area contributed by atoms with Gasteiger partial charge in [-0.2, -0.15) is 0 Å². The number of aliphatic hydroxyl groups excluding tert-OH is 1. The Labute approximate surface area is 285 Å². The fourth-order valence-electron chi connectivity index (χ4n) is 5.25. The van der Waals surface area contributed by atoms with Crippen LogP contribution in [0, 0.1) is 17.3 Å². The number of amides is 3. The van der Waals surface area contributed by atoms with Crippen LogP contribution in [-0.2, 0) is 19.2 Å². The van der Waals surface area contributed by atoms with E-state index in [0.717, 1.165) is 52.2 Å². The Bertz CT molecular complexity index is 726. The summed E-state index contributed by atoms with van der Waals surface area (Å²) in [6, 6.07) is -1.05. The highest BCUT2D eigenvalue weighted by Crippen LogP contribution is 2.31. The molecule has 9 nitrogen and oxygen atoms in total. The minimum atomic E-state index is -0.435. The van der Waals surface area contributed by atoms with Crippen LogP contribution >= 0.6 is 0 Å². The second-order valence-electron chi connectivity index (χ2n) is 12.7. The summed E-state index contributed by atoms with van der Waals surface area (Å²) in [5.41, 5.74) is 0.500. The van der Waals surface area contributed by atoms with Crippen molar-refractivity contribution in [2.24, 2.45) is 17.3 Å². The maximum atomic E-state index is 13.3. The number of Topliss-reactive ketones (excluding diaryl/α,β-unsaturated/α-hetero) is 1. The standard InChI is InChI=1S/C22H37N3O3.C5H12.C3H7NO.3C2H6.CH4O/c1-15(26)18(14-16-8-6-9-16)24-21(27)19-12-7-13-25(19)22(28)20(23-2)17-10-4-3-5-11-17;1-5(2,3)4;1-2-4-3-5;4*1-2/h16-20,23H,3-14H2,1-2H3,(H,24,27);1-4H3;3H,2H2,1H3,(H,4,5);3*1-2H3;2H,1H3. The van der Waals surface area contributed by atoms with E-state index in [1.807, 2.05) is 55.5 Å². The number of hydrogen-bond acceptors (Lipinski definition) is 6. The maximum Gasteiger partial charge on any atom is 0.243 e. The number of carbonyl (C=O) groups excluding carboxylic acids is 4.